The van der Waals surface area contributed by atoms with Crippen molar-refractivity contribution in [3.63, 3.8) is 0 Å². The molecular formula is C19H11FN2O2. The summed E-state index contributed by atoms with van der Waals surface area (Å²) in [6.45, 7) is 0. The van der Waals surface area contributed by atoms with E-state index in [1.54, 1.807) is 24.3 Å². The Morgan fingerprint density at radius 2 is 1.67 bits per heavy atom. The number of phenolic OH excluding ortho intramolecular Hbond substituents is 1. The van der Waals surface area contributed by atoms with Gasteiger partial charge < -0.3 is 9.84 Å². The molecular weight excluding hydrogens is 307 g/mol. The Balaban J connectivity index is 2.26. The van der Waals surface area contributed by atoms with Gasteiger partial charge in [-0.15, -0.1) is 0 Å². The third-order valence-corrected chi connectivity index (χ3v) is 3.83. The first-order chi connectivity index (χ1) is 11.6. The fourth-order valence-electron chi connectivity index (χ4n) is 2.65. The minimum atomic E-state index is -0.487. The highest BCUT2D eigenvalue weighted by Gasteiger charge is 2.13. The molecule has 0 unspecified atom stereocenters. The van der Waals surface area contributed by atoms with Gasteiger partial charge in [-0.1, -0.05) is 18.2 Å². The number of fused-ring (bicyclic) bond motifs is 1. The van der Waals surface area contributed by atoms with Crippen molar-refractivity contribution in [2.45, 2.75) is 0 Å². The Labute approximate surface area is 137 Å². The number of nitrogens with zero attached hydrogens (tertiary/aromatic N) is 2. The van der Waals surface area contributed by atoms with E-state index in [0.717, 1.165) is 0 Å². The Kier molecular flexibility index (Phi) is 3.77. The standard InChI is InChI=1S/C19H11FN2O2/c1-24-19-5-3-12(7-17(19)20)11-2-4-14-15(6-11)13(9-21)8-18(23)16(14)10-22/h2-8,23H,1H3. The number of methoxy groups -OCH3 is 1. The van der Waals surface area contributed by atoms with Crippen molar-refractivity contribution in [3.8, 4) is 34.8 Å². The van der Waals surface area contributed by atoms with Crippen molar-refractivity contribution in [3.05, 3.63) is 59.4 Å². The van der Waals surface area contributed by atoms with Crippen LogP contribution < -0.4 is 4.74 Å². The summed E-state index contributed by atoms with van der Waals surface area (Å²) in [5.41, 5.74) is 1.66. The number of hydrogen-bond donors (Lipinski definition) is 1. The van der Waals surface area contributed by atoms with Crippen LogP contribution in [0.2, 0.25) is 0 Å². The molecule has 0 atom stereocenters. The van der Waals surface area contributed by atoms with E-state index in [1.165, 1.54) is 25.3 Å². The number of ether oxygens (including phenoxy) is 1. The van der Waals surface area contributed by atoms with Crippen LogP contribution in [0, 0.1) is 28.5 Å². The lowest BCUT2D eigenvalue weighted by Gasteiger charge is -2.09. The second-order valence-corrected chi connectivity index (χ2v) is 5.15. The van der Waals surface area contributed by atoms with Gasteiger partial charge in [0.25, 0.3) is 0 Å². The lowest BCUT2D eigenvalue weighted by Crippen LogP contribution is -1.90. The first kappa shape index (κ1) is 15.3. The van der Waals surface area contributed by atoms with E-state index in [1.807, 2.05) is 12.1 Å². The predicted octanol–water partition coefficient (Wildman–Crippen LogP) is 4.10. The molecule has 0 aliphatic heterocycles. The quantitative estimate of drug-likeness (QED) is 0.771. The maximum Gasteiger partial charge on any atom is 0.165 e. The maximum atomic E-state index is 13.9. The largest absolute Gasteiger partial charge is 0.506 e. The Morgan fingerprint density at radius 3 is 2.29 bits per heavy atom. The van der Waals surface area contributed by atoms with Crippen LogP contribution in [0.1, 0.15) is 11.1 Å². The molecule has 3 rings (SSSR count). The molecule has 0 saturated carbocycles. The molecule has 3 aromatic carbocycles. The minimum absolute atomic E-state index is 0.108. The molecule has 0 aliphatic carbocycles. The van der Waals surface area contributed by atoms with Gasteiger partial charge in [-0.25, -0.2) is 4.39 Å². The van der Waals surface area contributed by atoms with Crippen molar-refractivity contribution >= 4 is 10.8 Å². The van der Waals surface area contributed by atoms with Gasteiger partial charge in [-0.2, -0.15) is 10.5 Å². The Bertz CT molecular complexity index is 1050. The summed E-state index contributed by atoms with van der Waals surface area (Å²) in [5.74, 6) is -0.572. The lowest BCUT2D eigenvalue weighted by atomic mass is 9.95. The van der Waals surface area contributed by atoms with E-state index in [4.69, 9.17) is 4.74 Å². The molecule has 0 amide bonds. The molecule has 4 nitrogen and oxygen atoms in total. The zero-order chi connectivity index (χ0) is 17.3. The second kappa shape index (κ2) is 5.91. The Morgan fingerprint density at radius 1 is 0.958 bits per heavy atom. The molecule has 5 heteroatoms. The van der Waals surface area contributed by atoms with Gasteiger partial charge in [0.2, 0.25) is 0 Å². The van der Waals surface area contributed by atoms with Gasteiger partial charge in [0, 0.05) is 10.8 Å². The van der Waals surface area contributed by atoms with Crippen LogP contribution in [0.25, 0.3) is 21.9 Å². The van der Waals surface area contributed by atoms with Gasteiger partial charge in [-0.3, -0.25) is 0 Å². The molecule has 116 valence electrons. The van der Waals surface area contributed by atoms with Gasteiger partial charge in [-0.05, 0) is 35.4 Å². The van der Waals surface area contributed by atoms with Crippen molar-refractivity contribution in [1.29, 1.82) is 10.5 Å². The molecule has 24 heavy (non-hydrogen) atoms. The normalized spacial score (nSPS) is 10.2. The molecule has 0 radical (unpaired) electrons. The highest BCUT2D eigenvalue weighted by Crippen LogP contribution is 2.34. The summed E-state index contributed by atoms with van der Waals surface area (Å²) < 4.78 is 18.8. The van der Waals surface area contributed by atoms with Crippen LogP contribution in [-0.4, -0.2) is 12.2 Å². The zero-order valence-electron chi connectivity index (χ0n) is 12.7. The number of hydrogen-bond acceptors (Lipinski definition) is 4. The van der Waals surface area contributed by atoms with Gasteiger partial charge >= 0.3 is 0 Å². The first-order valence-corrected chi connectivity index (χ1v) is 7.03. The van der Waals surface area contributed by atoms with Crippen molar-refractivity contribution in [2.75, 3.05) is 7.11 Å². The lowest BCUT2D eigenvalue weighted by molar-refractivity contribution is 0.386. The van der Waals surface area contributed by atoms with E-state index in [2.05, 4.69) is 0 Å². The number of benzene rings is 3. The number of rotatable bonds is 2. The first-order valence-electron chi connectivity index (χ1n) is 7.03. The Hall–Kier alpha value is -3.57. The molecule has 0 fully saturated rings. The van der Waals surface area contributed by atoms with Crippen LogP contribution in [-0.2, 0) is 0 Å². The topological polar surface area (TPSA) is 77.0 Å². The molecule has 0 spiro atoms. The average Bonchev–Trinajstić information content (AvgIpc) is 2.60. The average molecular weight is 318 g/mol. The predicted molar refractivity (Wildman–Crippen MR) is 87.0 cm³/mol. The highest BCUT2D eigenvalue weighted by atomic mass is 19.1. The summed E-state index contributed by atoms with van der Waals surface area (Å²) in [6.07, 6.45) is 0. The minimum Gasteiger partial charge on any atom is -0.506 e. The molecule has 0 saturated heterocycles. The fraction of sp³-hybridized carbons (Fsp3) is 0.0526. The van der Waals surface area contributed by atoms with E-state index < -0.39 is 5.82 Å². The second-order valence-electron chi connectivity index (χ2n) is 5.15. The third-order valence-electron chi connectivity index (χ3n) is 3.83. The number of aromatic hydroxyl groups is 1. The van der Waals surface area contributed by atoms with Crippen LogP contribution in [0.15, 0.2) is 42.5 Å². The summed E-state index contributed by atoms with van der Waals surface area (Å²) in [7, 11) is 1.39. The summed E-state index contributed by atoms with van der Waals surface area (Å²) in [5, 5.41) is 29.4. The van der Waals surface area contributed by atoms with Gasteiger partial charge in [0.05, 0.1) is 18.7 Å². The molecule has 3 aromatic rings. The van der Waals surface area contributed by atoms with Crippen LogP contribution in [0.3, 0.4) is 0 Å². The van der Waals surface area contributed by atoms with Crippen molar-refractivity contribution in [1.82, 2.24) is 0 Å². The molecule has 1 N–H and O–H groups in total. The maximum absolute atomic E-state index is 13.9. The monoisotopic (exact) mass is 318 g/mol. The van der Waals surface area contributed by atoms with Crippen molar-refractivity contribution in [2.24, 2.45) is 0 Å². The van der Waals surface area contributed by atoms with Crippen LogP contribution >= 0.6 is 0 Å². The van der Waals surface area contributed by atoms with Gasteiger partial charge in [0.15, 0.2) is 11.6 Å². The number of phenols is 1. The fourth-order valence-corrected chi connectivity index (χ4v) is 2.65. The van der Waals surface area contributed by atoms with E-state index in [-0.39, 0.29) is 22.6 Å². The SMILES string of the molecule is COc1ccc(-c2ccc3c(C#N)c(O)cc(C#N)c3c2)cc1F. The van der Waals surface area contributed by atoms with E-state index in [0.29, 0.717) is 21.9 Å². The number of nitriles is 2. The molecule has 0 aliphatic rings. The smallest absolute Gasteiger partial charge is 0.165 e. The molecule has 0 heterocycles. The van der Waals surface area contributed by atoms with Crippen LogP contribution in [0.5, 0.6) is 11.5 Å². The zero-order valence-corrected chi connectivity index (χ0v) is 12.7. The van der Waals surface area contributed by atoms with Crippen molar-refractivity contribution < 1.29 is 14.2 Å². The summed E-state index contributed by atoms with van der Waals surface area (Å²) in [4.78, 5) is 0. The van der Waals surface area contributed by atoms with Crippen LogP contribution in [0.4, 0.5) is 4.39 Å². The van der Waals surface area contributed by atoms with Gasteiger partial charge in [0.1, 0.15) is 17.4 Å². The van der Waals surface area contributed by atoms with E-state index >= 15 is 0 Å². The molecule has 0 bridgehead atoms. The summed E-state index contributed by atoms with van der Waals surface area (Å²) >= 11 is 0. The molecule has 0 aromatic heterocycles. The highest BCUT2D eigenvalue weighted by molar-refractivity contribution is 5.97. The number of halogens is 1. The third kappa shape index (κ3) is 2.39. The van der Waals surface area contributed by atoms with E-state index in [9.17, 15) is 20.0 Å². The summed E-state index contributed by atoms with van der Waals surface area (Å²) in [6, 6.07) is 14.8.